The second kappa shape index (κ2) is 5.75. The highest BCUT2D eigenvalue weighted by Gasteiger charge is 2.19. The molecule has 0 saturated carbocycles. The van der Waals surface area contributed by atoms with Crippen LogP contribution in [-0.4, -0.2) is 44.5 Å². The maximum Gasteiger partial charge on any atom is 0.335 e. The maximum atomic E-state index is 13.9. The van der Waals surface area contributed by atoms with Gasteiger partial charge in [0.1, 0.15) is 0 Å². The van der Waals surface area contributed by atoms with Gasteiger partial charge < -0.3 is 10.0 Å². The van der Waals surface area contributed by atoms with Gasteiger partial charge in [0.05, 0.1) is 16.6 Å². The highest BCUT2D eigenvalue weighted by atomic mass is 19.1. The molecule has 1 aliphatic heterocycles. The third kappa shape index (κ3) is 2.66. The Morgan fingerprint density at radius 2 is 2.00 bits per heavy atom. The van der Waals surface area contributed by atoms with Gasteiger partial charge >= 0.3 is 5.97 Å². The first-order chi connectivity index (χ1) is 10.6. The first-order valence-corrected chi connectivity index (χ1v) is 7.23. The van der Waals surface area contributed by atoms with Crippen molar-refractivity contribution >= 4 is 22.9 Å². The molecule has 1 aromatic heterocycles. The molecule has 0 radical (unpaired) electrons. The van der Waals surface area contributed by atoms with Crippen LogP contribution in [-0.2, 0) is 11.3 Å². The average molecular weight is 305 g/mol. The SMILES string of the molecule is O=C(O)c1ccc2nc(F)n(CCC(=O)N3CCCC3)c2c1. The van der Waals surface area contributed by atoms with E-state index in [1.165, 1.54) is 22.8 Å². The number of hydrogen-bond acceptors (Lipinski definition) is 3. The van der Waals surface area contributed by atoms with Crippen molar-refractivity contribution in [1.82, 2.24) is 14.5 Å². The van der Waals surface area contributed by atoms with Crippen molar-refractivity contribution in [2.75, 3.05) is 13.1 Å². The summed E-state index contributed by atoms with van der Waals surface area (Å²) in [4.78, 5) is 28.6. The van der Waals surface area contributed by atoms with Gasteiger partial charge in [-0.05, 0) is 31.0 Å². The monoisotopic (exact) mass is 305 g/mol. The quantitative estimate of drug-likeness (QED) is 0.936. The fourth-order valence-corrected chi connectivity index (χ4v) is 2.77. The number of imidazole rings is 1. The number of aromatic carboxylic acids is 1. The van der Waals surface area contributed by atoms with E-state index in [1.54, 1.807) is 4.90 Å². The highest BCUT2D eigenvalue weighted by molar-refractivity contribution is 5.92. The van der Waals surface area contributed by atoms with Crippen molar-refractivity contribution in [2.45, 2.75) is 25.8 Å². The zero-order valence-electron chi connectivity index (χ0n) is 12.0. The second-order valence-corrected chi connectivity index (χ2v) is 5.38. The number of benzene rings is 1. The van der Waals surface area contributed by atoms with Crippen molar-refractivity contribution in [3.05, 3.63) is 29.8 Å². The van der Waals surface area contributed by atoms with Crippen LogP contribution >= 0.6 is 0 Å². The number of hydrogen-bond donors (Lipinski definition) is 1. The minimum absolute atomic E-state index is 0.00635. The summed E-state index contributed by atoms with van der Waals surface area (Å²) in [5, 5.41) is 9.02. The lowest BCUT2D eigenvalue weighted by atomic mass is 10.2. The van der Waals surface area contributed by atoms with Crippen LogP contribution in [0.1, 0.15) is 29.6 Å². The number of carboxylic acid groups (broad SMARTS) is 1. The van der Waals surface area contributed by atoms with E-state index in [1.807, 2.05) is 0 Å². The van der Waals surface area contributed by atoms with Crippen molar-refractivity contribution < 1.29 is 19.1 Å². The van der Waals surface area contributed by atoms with Gasteiger partial charge in [0, 0.05) is 26.1 Å². The first-order valence-electron chi connectivity index (χ1n) is 7.23. The van der Waals surface area contributed by atoms with Crippen LogP contribution in [0.2, 0.25) is 0 Å². The predicted molar refractivity (Wildman–Crippen MR) is 77.1 cm³/mol. The Bertz CT molecular complexity index is 735. The molecule has 0 aliphatic carbocycles. The van der Waals surface area contributed by atoms with Crippen molar-refractivity contribution in [3.8, 4) is 0 Å². The first kappa shape index (κ1) is 14.5. The molecule has 1 N–H and O–H groups in total. The number of likely N-dealkylation sites (tertiary alicyclic amines) is 1. The van der Waals surface area contributed by atoms with E-state index in [0.29, 0.717) is 11.0 Å². The van der Waals surface area contributed by atoms with Gasteiger partial charge in [0.2, 0.25) is 5.91 Å². The van der Waals surface area contributed by atoms with E-state index in [2.05, 4.69) is 4.98 Å². The van der Waals surface area contributed by atoms with E-state index in [-0.39, 0.29) is 24.4 Å². The van der Waals surface area contributed by atoms with Gasteiger partial charge in [-0.1, -0.05) is 0 Å². The predicted octanol–water partition coefficient (Wildman–Crippen LogP) is 1.89. The number of nitrogens with zero attached hydrogens (tertiary/aromatic N) is 3. The fourth-order valence-electron chi connectivity index (χ4n) is 2.77. The normalized spacial score (nSPS) is 14.7. The average Bonchev–Trinajstić information content (AvgIpc) is 3.11. The topological polar surface area (TPSA) is 75.4 Å². The molecule has 2 aromatic rings. The zero-order chi connectivity index (χ0) is 15.7. The highest BCUT2D eigenvalue weighted by Crippen LogP contribution is 2.19. The van der Waals surface area contributed by atoms with E-state index >= 15 is 0 Å². The van der Waals surface area contributed by atoms with Crippen LogP contribution in [0.3, 0.4) is 0 Å². The largest absolute Gasteiger partial charge is 0.478 e. The third-order valence-electron chi connectivity index (χ3n) is 3.96. The summed E-state index contributed by atoms with van der Waals surface area (Å²) in [5.74, 6) is -1.09. The summed E-state index contributed by atoms with van der Waals surface area (Å²) in [6.07, 6.45) is 1.50. The molecule has 1 amide bonds. The molecule has 22 heavy (non-hydrogen) atoms. The minimum Gasteiger partial charge on any atom is -0.478 e. The van der Waals surface area contributed by atoms with E-state index in [0.717, 1.165) is 25.9 Å². The Kier molecular flexibility index (Phi) is 3.79. The molecule has 1 fully saturated rings. The van der Waals surface area contributed by atoms with Crippen molar-refractivity contribution in [2.24, 2.45) is 0 Å². The van der Waals surface area contributed by atoms with Crippen molar-refractivity contribution in [1.29, 1.82) is 0 Å². The molecule has 1 saturated heterocycles. The Labute approximate surface area is 126 Å². The lowest BCUT2D eigenvalue weighted by Crippen LogP contribution is -2.28. The molecular weight excluding hydrogens is 289 g/mol. The van der Waals surface area contributed by atoms with Gasteiger partial charge in [-0.15, -0.1) is 0 Å². The summed E-state index contributed by atoms with van der Waals surface area (Å²) in [5.41, 5.74) is 0.849. The fraction of sp³-hybridized carbons (Fsp3) is 0.400. The molecule has 0 bridgehead atoms. The summed E-state index contributed by atoms with van der Waals surface area (Å²) in [7, 11) is 0. The van der Waals surface area contributed by atoms with Crippen molar-refractivity contribution in [3.63, 3.8) is 0 Å². The van der Waals surface area contributed by atoms with Gasteiger partial charge in [-0.25, -0.2) is 9.78 Å². The van der Waals surface area contributed by atoms with Gasteiger partial charge in [-0.3, -0.25) is 9.36 Å². The van der Waals surface area contributed by atoms with Crippen LogP contribution in [0.15, 0.2) is 18.2 Å². The van der Waals surface area contributed by atoms with E-state index < -0.39 is 12.0 Å². The van der Waals surface area contributed by atoms with Gasteiger partial charge in [-0.2, -0.15) is 4.39 Å². The lowest BCUT2D eigenvalue weighted by Gasteiger charge is -2.15. The smallest absolute Gasteiger partial charge is 0.335 e. The molecule has 2 heterocycles. The Morgan fingerprint density at radius 3 is 2.68 bits per heavy atom. The molecule has 3 rings (SSSR count). The number of aromatic nitrogens is 2. The number of carboxylic acids is 1. The van der Waals surface area contributed by atoms with E-state index in [4.69, 9.17) is 5.11 Å². The lowest BCUT2D eigenvalue weighted by molar-refractivity contribution is -0.130. The van der Waals surface area contributed by atoms with Crippen LogP contribution in [0.25, 0.3) is 11.0 Å². The standard InChI is InChI=1S/C15H16FN3O3/c16-15-17-11-4-3-10(14(21)22)9-12(11)19(15)8-5-13(20)18-6-1-2-7-18/h3-4,9H,1-2,5-8H2,(H,21,22). The van der Waals surface area contributed by atoms with Crippen LogP contribution in [0.5, 0.6) is 0 Å². The van der Waals surface area contributed by atoms with Gasteiger partial charge in [0.15, 0.2) is 0 Å². The number of carbonyl (C=O) groups excluding carboxylic acids is 1. The van der Waals surface area contributed by atoms with Crippen LogP contribution in [0, 0.1) is 6.08 Å². The molecule has 7 heteroatoms. The number of amides is 1. The van der Waals surface area contributed by atoms with Gasteiger partial charge in [0.25, 0.3) is 6.08 Å². The molecule has 116 valence electrons. The maximum absolute atomic E-state index is 13.9. The Balaban J connectivity index is 1.82. The van der Waals surface area contributed by atoms with Crippen LogP contribution < -0.4 is 0 Å². The minimum atomic E-state index is -1.08. The summed E-state index contributed by atoms with van der Waals surface area (Å²) < 4.78 is 15.2. The Morgan fingerprint density at radius 1 is 1.27 bits per heavy atom. The number of carbonyl (C=O) groups is 2. The number of fused-ring (bicyclic) bond motifs is 1. The molecule has 0 spiro atoms. The Hall–Kier alpha value is -2.44. The second-order valence-electron chi connectivity index (χ2n) is 5.38. The number of rotatable bonds is 4. The zero-order valence-corrected chi connectivity index (χ0v) is 12.0. The number of aryl methyl sites for hydroxylation is 1. The molecule has 1 aromatic carbocycles. The molecule has 1 aliphatic rings. The molecule has 0 unspecified atom stereocenters. The van der Waals surface area contributed by atoms with Crippen LogP contribution in [0.4, 0.5) is 4.39 Å². The molecule has 0 atom stereocenters. The summed E-state index contributed by atoms with van der Waals surface area (Å²) >= 11 is 0. The number of halogens is 1. The summed E-state index contributed by atoms with van der Waals surface area (Å²) in [6.45, 7) is 1.67. The third-order valence-corrected chi connectivity index (χ3v) is 3.96. The summed E-state index contributed by atoms with van der Waals surface area (Å²) in [6, 6.07) is 4.24. The molecular formula is C15H16FN3O3. The molecule has 6 nitrogen and oxygen atoms in total. The van der Waals surface area contributed by atoms with E-state index in [9.17, 15) is 14.0 Å².